The molecule has 3 N–H and O–H groups in total. The number of aryl methyl sites for hydroxylation is 2. The zero-order valence-electron chi connectivity index (χ0n) is 16.4. The van der Waals surface area contributed by atoms with Crippen LogP contribution in [0.4, 0.5) is 0 Å². The minimum atomic E-state index is -0.364. The van der Waals surface area contributed by atoms with E-state index in [1.54, 1.807) is 0 Å². The Bertz CT molecular complexity index is 735. The third kappa shape index (κ3) is 5.85. The molecule has 2 aromatic rings. The highest BCUT2D eigenvalue weighted by molar-refractivity contribution is 5.85. The first-order valence-corrected chi connectivity index (χ1v) is 8.81. The van der Waals surface area contributed by atoms with Crippen LogP contribution < -0.4 is 11.1 Å². The first-order chi connectivity index (χ1) is 11.7. The molecule has 0 aliphatic heterocycles. The Morgan fingerprint density at radius 2 is 1.81 bits per heavy atom. The summed E-state index contributed by atoms with van der Waals surface area (Å²) in [4.78, 5) is 12.1. The molecule has 1 aromatic carbocycles. The van der Waals surface area contributed by atoms with Crippen molar-refractivity contribution in [3.05, 3.63) is 52.3 Å². The molecule has 0 saturated heterocycles. The fourth-order valence-electron chi connectivity index (χ4n) is 2.85. The van der Waals surface area contributed by atoms with Crippen LogP contribution in [-0.2, 0) is 17.8 Å². The topological polar surface area (TPSA) is 72.9 Å². The number of nitrogens with two attached hydrogens (primary N) is 1. The standard InChI is InChI=1S/C20H30N4O.ClH/c1-14-6-8-17(9-7-14)12-24-16(3)18(15(2)23-24)10-11-19(25)22-20(4,5)13-21;/h6-9H,10-13,21H2,1-5H3,(H,22,25);1H. The lowest BCUT2D eigenvalue weighted by Crippen LogP contribution is -2.48. The molecule has 2 rings (SSSR count). The van der Waals surface area contributed by atoms with Gasteiger partial charge in [0, 0.05) is 24.2 Å². The summed E-state index contributed by atoms with van der Waals surface area (Å²) in [6.07, 6.45) is 1.14. The van der Waals surface area contributed by atoms with Gasteiger partial charge in [0.05, 0.1) is 12.2 Å². The summed E-state index contributed by atoms with van der Waals surface area (Å²) >= 11 is 0. The normalized spacial score (nSPS) is 11.2. The van der Waals surface area contributed by atoms with Gasteiger partial charge >= 0.3 is 0 Å². The van der Waals surface area contributed by atoms with Crippen LogP contribution in [0, 0.1) is 20.8 Å². The lowest BCUT2D eigenvalue weighted by Gasteiger charge is -2.24. The maximum absolute atomic E-state index is 12.1. The largest absolute Gasteiger partial charge is 0.350 e. The lowest BCUT2D eigenvalue weighted by molar-refractivity contribution is -0.122. The lowest BCUT2D eigenvalue weighted by atomic mass is 10.0. The summed E-state index contributed by atoms with van der Waals surface area (Å²) in [5.41, 5.74) is 11.1. The Kier molecular flexibility index (Phi) is 7.85. The third-order valence-electron chi connectivity index (χ3n) is 4.57. The Balaban J connectivity index is 0.00000338. The number of halogens is 1. The summed E-state index contributed by atoms with van der Waals surface area (Å²) in [5, 5.41) is 7.64. The SMILES string of the molecule is Cc1ccc(Cn2nc(C)c(CCC(=O)NC(C)(C)CN)c2C)cc1.Cl. The van der Waals surface area contributed by atoms with Gasteiger partial charge in [-0.3, -0.25) is 9.48 Å². The first-order valence-electron chi connectivity index (χ1n) is 8.81. The number of hydrogen-bond donors (Lipinski definition) is 2. The summed E-state index contributed by atoms with van der Waals surface area (Å²) < 4.78 is 2.02. The highest BCUT2D eigenvalue weighted by Crippen LogP contribution is 2.17. The Labute approximate surface area is 162 Å². The van der Waals surface area contributed by atoms with Crippen molar-refractivity contribution in [2.24, 2.45) is 5.73 Å². The van der Waals surface area contributed by atoms with E-state index in [0.29, 0.717) is 19.4 Å². The van der Waals surface area contributed by atoms with Crippen LogP contribution in [0.3, 0.4) is 0 Å². The number of nitrogens with one attached hydrogen (secondary N) is 1. The highest BCUT2D eigenvalue weighted by Gasteiger charge is 2.19. The second kappa shape index (κ2) is 9.19. The number of carbonyl (C=O) groups excluding carboxylic acids is 1. The third-order valence-corrected chi connectivity index (χ3v) is 4.57. The van der Waals surface area contributed by atoms with E-state index >= 15 is 0 Å². The zero-order chi connectivity index (χ0) is 18.6. The molecule has 0 aliphatic rings. The number of benzene rings is 1. The van der Waals surface area contributed by atoms with Crippen molar-refractivity contribution in [3.8, 4) is 0 Å². The Hall–Kier alpha value is -1.85. The van der Waals surface area contributed by atoms with E-state index in [4.69, 9.17) is 5.73 Å². The minimum Gasteiger partial charge on any atom is -0.350 e. The van der Waals surface area contributed by atoms with Gasteiger partial charge in [-0.2, -0.15) is 5.10 Å². The van der Waals surface area contributed by atoms with Crippen molar-refractivity contribution in [2.45, 2.75) is 59.5 Å². The van der Waals surface area contributed by atoms with Crippen LogP contribution in [0.15, 0.2) is 24.3 Å². The van der Waals surface area contributed by atoms with Gasteiger partial charge in [0.1, 0.15) is 0 Å². The quantitative estimate of drug-likeness (QED) is 0.777. The van der Waals surface area contributed by atoms with Crippen molar-refractivity contribution >= 4 is 18.3 Å². The van der Waals surface area contributed by atoms with E-state index in [2.05, 4.69) is 48.5 Å². The molecule has 26 heavy (non-hydrogen) atoms. The van der Waals surface area contributed by atoms with Gasteiger partial charge in [-0.25, -0.2) is 0 Å². The molecule has 1 heterocycles. The molecule has 0 saturated carbocycles. The van der Waals surface area contributed by atoms with Gasteiger partial charge in [0.15, 0.2) is 0 Å². The summed E-state index contributed by atoms with van der Waals surface area (Å²) in [5.74, 6) is 0.0283. The monoisotopic (exact) mass is 378 g/mol. The smallest absolute Gasteiger partial charge is 0.220 e. The molecule has 0 radical (unpaired) electrons. The zero-order valence-corrected chi connectivity index (χ0v) is 17.2. The van der Waals surface area contributed by atoms with Crippen molar-refractivity contribution in [3.63, 3.8) is 0 Å². The predicted molar refractivity (Wildman–Crippen MR) is 109 cm³/mol. The van der Waals surface area contributed by atoms with Crippen molar-refractivity contribution < 1.29 is 4.79 Å². The Morgan fingerprint density at radius 3 is 2.38 bits per heavy atom. The summed E-state index contributed by atoms with van der Waals surface area (Å²) in [7, 11) is 0. The van der Waals surface area contributed by atoms with E-state index in [9.17, 15) is 4.79 Å². The van der Waals surface area contributed by atoms with E-state index < -0.39 is 0 Å². The van der Waals surface area contributed by atoms with Crippen LogP contribution in [0.25, 0.3) is 0 Å². The predicted octanol–water partition coefficient (Wildman–Crippen LogP) is 3.06. The second-order valence-corrected chi connectivity index (χ2v) is 7.43. The van der Waals surface area contributed by atoms with Crippen LogP contribution in [-0.4, -0.2) is 27.8 Å². The van der Waals surface area contributed by atoms with E-state index in [0.717, 1.165) is 23.5 Å². The second-order valence-electron chi connectivity index (χ2n) is 7.43. The Morgan fingerprint density at radius 1 is 1.19 bits per heavy atom. The number of aromatic nitrogens is 2. The van der Waals surface area contributed by atoms with Crippen LogP contribution in [0.5, 0.6) is 0 Å². The minimum absolute atomic E-state index is 0. The molecule has 144 valence electrons. The summed E-state index contributed by atoms with van der Waals surface area (Å²) in [6, 6.07) is 8.50. The molecule has 0 bridgehead atoms. The van der Waals surface area contributed by atoms with Crippen molar-refractivity contribution in [1.29, 1.82) is 0 Å². The van der Waals surface area contributed by atoms with Gasteiger partial charge in [-0.1, -0.05) is 29.8 Å². The fraction of sp³-hybridized carbons (Fsp3) is 0.500. The van der Waals surface area contributed by atoms with Gasteiger partial charge in [-0.15, -0.1) is 12.4 Å². The average Bonchev–Trinajstić information content (AvgIpc) is 2.81. The summed E-state index contributed by atoms with van der Waals surface area (Å²) in [6.45, 7) is 11.2. The number of rotatable bonds is 7. The van der Waals surface area contributed by atoms with Crippen molar-refractivity contribution in [1.82, 2.24) is 15.1 Å². The van der Waals surface area contributed by atoms with Gasteiger partial charge in [0.2, 0.25) is 5.91 Å². The maximum atomic E-state index is 12.1. The number of hydrogen-bond acceptors (Lipinski definition) is 3. The van der Waals surface area contributed by atoms with Crippen LogP contribution in [0.2, 0.25) is 0 Å². The van der Waals surface area contributed by atoms with Gasteiger partial charge in [0.25, 0.3) is 0 Å². The van der Waals surface area contributed by atoms with Gasteiger partial charge < -0.3 is 11.1 Å². The molecule has 0 fully saturated rings. The molecule has 0 aliphatic carbocycles. The highest BCUT2D eigenvalue weighted by atomic mass is 35.5. The average molecular weight is 379 g/mol. The molecule has 6 heteroatoms. The molecule has 0 atom stereocenters. The maximum Gasteiger partial charge on any atom is 0.220 e. The molecular weight excluding hydrogens is 348 g/mol. The van der Waals surface area contributed by atoms with Gasteiger partial charge in [-0.05, 0) is 52.2 Å². The number of carbonyl (C=O) groups is 1. The molecule has 1 amide bonds. The molecular formula is C20H31ClN4O. The number of nitrogens with zero attached hydrogens (tertiary/aromatic N) is 2. The van der Waals surface area contributed by atoms with E-state index in [1.807, 2.05) is 25.5 Å². The van der Waals surface area contributed by atoms with E-state index in [1.165, 1.54) is 11.1 Å². The molecule has 5 nitrogen and oxygen atoms in total. The van der Waals surface area contributed by atoms with Crippen LogP contribution in [0.1, 0.15) is 48.3 Å². The molecule has 0 unspecified atom stereocenters. The van der Waals surface area contributed by atoms with Crippen LogP contribution >= 0.6 is 12.4 Å². The number of amides is 1. The van der Waals surface area contributed by atoms with Crippen molar-refractivity contribution in [2.75, 3.05) is 6.54 Å². The van der Waals surface area contributed by atoms with E-state index in [-0.39, 0.29) is 23.9 Å². The molecule has 1 aromatic heterocycles. The first kappa shape index (κ1) is 22.2. The fourth-order valence-corrected chi connectivity index (χ4v) is 2.85. The molecule has 0 spiro atoms.